The van der Waals surface area contributed by atoms with Gasteiger partial charge in [0.1, 0.15) is 0 Å². The second kappa shape index (κ2) is 14.8. The maximum absolute atomic E-state index is 5.43. The molecule has 1 radical (unpaired) electrons. The zero-order chi connectivity index (χ0) is 46.8. The molecule has 73 heavy (non-hydrogen) atoms. The van der Waals surface area contributed by atoms with Gasteiger partial charge in [-0.3, -0.25) is 0 Å². The van der Waals surface area contributed by atoms with Crippen LogP contribution in [0.25, 0.3) is 176 Å². The normalized spacial score (nSPS) is 12.3. The second-order valence-electron chi connectivity index (χ2n) is 19.3. The summed E-state index contributed by atoms with van der Waals surface area (Å²) < 4.78 is 0. The molecule has 17 rings (SSSR count). The molecule has 15 aromatic rings. The maximum Gasteiger partial charge on any atom is 2.00 e. The van der Waals surface area contributed by atoms with E-state index in [4.69, 9.17) is 39.9 Å². The SMILES string of the molecule is [Cu+2].c1ccc2cc3cc4c(cc3cc2c1)-c1nc-4nc2[n-]c(nc3nc(nc4[n-]c(n1)c1cc5cc6ccccc6cc5cc41)-c1cc4cc5ccccc5cc4cc1-3)c1cc3cc4ccccc4cc3cc21. The molecule has 12 aromatic carbocycles. The predicted molar refractivity (Wildman–Crippen MR) is 294 cm³/mol. The van der Waals surface area contributed by atoms with Gasteiger partial charge in [0.05, 0.1) is 23.3 Å². The number of rotatable bonds is 0. The third-order valence-electron chi connectivity index (χ3n) is 15.0. The minimum atomic E-state index is 0. The third-order valence-corrected chi connectivity index (χ3v) is 15.0. The van der Waals surface area contributed by atoms with Crippen molar-refractivity contribution in [1.82, 2.24) is 39.9 Å². The Kier molecular flexibility index (Phi) is 8.19. The Labute approximate surface area is 424 Å². The van der Waals surface area contributed by atoms with Crippen molar-refractivity contribution in [3.8, 4) is 45.6 Å². The van der Waals surface area contributed by atoms with Crippen molar-refractivity contribution in [2.45, 2.75) is 0 Å². The molecule has 0 N–H and O–H groups in total. The number of aromatic nitrogens is 8. The molecule has 339 valence electrons. The summed E-state index contributed by atoms with van der Waals surface area (Å²) in [6, 6.07) is 69.3. The first-order chi connectivity index (χ1) is 35.5. The van der Waals surface area contributed by atoms with Gasteiger partial charge in [0.15, 0.2) is 0 Å². The van der Waals surface area contributed by atoms with Gasteiger partial charge in [-0.2, -0.15) is 0 Å². The molecular weight excluding hydrogens is 944 g/mol. The Morgan fingerprint density at radius 2 is 0.397 bits per heavy atom. The Hall–Kier alpha value is -9.40. The van der Waals surface area contributed by atoms with Crippen LogP contribution < -0.4 is 9.97 Å². The van der Waals surface area contributed by atoms with Crippen LogP contribution in [0.3, 0.4) is 0 Å². The third kappa shape index (κ3) is 6.07. The van der Waals surface area contributed by atoms with Gasteiger partial charge in [-0.1, -0.05) is 97.1 Å². The molecule has 3 aromatic heterocycles. The topological polar surface area (TPSA) is 106 Å². The molecule has 0 unspecified atom stereocenters. The Bertz CT molecular complexity index is 4560. The summed E-state index contributed by atoms with van der Waals surface area (Å²) in [6.07, 6.45) is 0. The summed E-state index contributed by atoms with van der Waals surface area (Å²) in [5.74, 6) is 2.08. The molecule has 0 amide bonds. The van der Waals surface area contributed by atoms with Crippen LogP contribution in [0.4, 0.5) is 0 Å². The molecule has 0 fully saturated rings. The van der Waals surface area contributed by atoms with E-state index in [-0.39, 0.29) is 17.1 Å². The summed E-state index contributed by atoms with van der Waals surface area (Å²) >= 11 is 0. The molecule has 2 aliphatic rings. The molecule has 0 saturated carbocycles. The van der Waals surface area contributed by atoms with Crippen molar-refractivity contribution < 1.29 is 17.1 Å². The van der Waals surface area contributed by atoms with E-state index in [0.717, 1.165) is 130 Å². The van der Waals surface area contributed by atoms with Crippen molar-refractivity contribution in [3.63, 3.8) is 0 Å². The van der Waals surface area contributed by atoms with Gasteiger partial charge in [-0.15, -0.1) is 0 Å². The number of fused-ring (bicyclic) bond motifs is 28. The van der Waals surface area contributed by atoms with Gasteiger partial charge in [0.2, 0.25) is 0 Å². The molecule has 9 heteroatoms. The van der Waals surface area contributed by atoms with Gasteiger partial charge in [0.25, 0.3) is 0 Å². The van der Waals surface area contributed by atoms with E-state index in [0.29, 0.717) is 45.9 Å². The molecule has 8 nitrogen and oxygen atoms in total. The van der Waals surface area contributed by atoms with Crippen LogP contribution >= 0.6 is 0 Å². The first-order valence-corrected chi connectivity index (χ1v) is 24.1. The van der Waals surface area contributed by atoms with E-state index in [1.807, 2.05) is 0 Å². The molecule has 0 aliphatic carbocycles. The van der Waals surface area contributed by atoms with Crippen molar-refractivity contribution in [2.24, 2.45) is 0 Å². The fourth-order valence-corrected chi connectivity index (χ4v) is 11.4. The second-order valence-corrected chi connectivity index (χ2v) is 19.3. The van der Waals surface area contributed by atoms with Crippen LogP contribution in [-0.4, -0.2) is 29.9 Å². The van der Waals surface area contributed by atoms with E-state index in [1.54, 1.807) is 0 Å². The predicted octanol–water partition coefficient (Wildman–Crippen LogP) is 15.4. The van der Waals surface area contributed by atoms with Crippen molar-refractivity contribution in [3.05, 3.63) is 194 Å². The standard InChI is InChI=1S/C64H32N8.Cu/c1-2-10-34-18-42-26-50-49(25-41(42)17-33(34)9-1)57-65-58(50)70-60-53-29-45-21-37-13-5-6-14-38(37)22-46(45)30-54(53)62(67-60)72-64-56-32-48-24-40-16-8-7-15-39(40)23-47(48)31-55(56)63(68-64)71-61-52-28-44-20-36-12-4-3-11-35(36)19-43(44)27-51(52)59(66-61)69-57;/h1-32H;/q-2;+2. The summed E-state index contributed by atoms with van der Waals surface area (Å²) in [6.45, 7) is 0. The van der Waals surface area contributed by atoms with Gasteiger partial charge in [0, 0.05) is 44.8 Å². The van der Waals surface area contributed by atoms with E-state index in [2.05, 4.69) is 194 Å². The zero-order valence-electron chi connectivity index (χ0n) is 38.4. The summed E-state index contributed by atoms with van der Waals surface area (Å²) in [4.78, 5) is 43.0. The number of hydrogen-bond donors (Lipinski definition) is 0. The van der Waals surface area contributed by atoms with E-state index in [1.165, 1.54) is 0 Å². The summed E-state index contributed by atoms with van der Waals surface area (Å²) in [5, 5.41) is 21.4. The molecule has 8 bridgehead atoms. The molecule has 5 heterocycles. The fraction of sp³-hybridized carbons (Fsp3) is 0. The van der Waals surface area contributed by atoms with E-state index >= 15 is 0 Å². The molecule has 0 saturated heterocycles. The van der Waals surface area contributed by atoms with Crippen molar-refractivity contribution in [2.75, 3.05) is 0 Å². The summed E-state index contributed by atoms with van der Waals surface area (Å²) in [5.41, 5.74) is 5.55. The first-order valence-electron chi connectivity index (χ1n) is 24.1. The quantitative estimate of drug-likeness (QED) is 0.109. The molecule has 2 aliphatic heterocycles. The van der Waals surface area contributed by atoms with E-state index < -0.39 is 0 Å². The van der Waals surface area contributed by atoms with Crippen LogP contribution in [0.5, 0.6) is 0 Å². The fourth-order valence-electron chi connectivity index (χ4n) is 11.4. The van der Waals surface area contributed by atoms with Crippen molar-refractivity contribution >= 4 is 130 Å². The van der Waals surface area contributed by atoms with Gasteiger partial charge in [-0.05, 0) is 205 Å². The van der Waals surface area contributed by atoms with Crippen LogP contribution in [-0.2, 0) is 17.1 Å². The minimum Gasteiger partial charge on any atom is -0.357 e. The van der Waals surface area contributed by atoms with Crippen LogP contribution in [0.15, 0.2) is 194 Å². The van der Waals surface area contributed by atoms with Crippen LogP contribution in [0.2, 0.25) is 0 Å². The van der Waals surface area contributed by atoms with Gasteiger partial charge >= 0.3 is 17.1 Å². The minimum absolute atomic E-state index is 0. The van der Waals surface area contributed by atoms with Gasteiger partial charge in [-0.25, -0.2) is 9.97 Å². The Morgan fingerprint density at radius 1 is 0.205 bits per heavy atom. The Balaban J connectivity index is 0.00000456. The average Bonchev–Trinajstić information content (AvgIpc) is 4.12. The van der Waals surface area contributed by atoms with Crippen LogP contribution in [0.1, 0.15) is 0 Å². The average molecular weight is 977 g/mol. The number of benzene rings is 12. The number of hydrogen-bond acceptors (Lipinski definition) is 6. The largest absolute Gasteiger partial charge is 2.00 e. The summed E-state index contributed by atoms with van der Waals surface area (Å²) in [7, 11) is 0. The Morgan fingerprint density at radius 3 is 0.603 bits per heavy atom. The zero-order valence-corrected chi connectivity index (χ0v) is 39.3. The molecular formula is C64H32CuN8. The van der Waals surface area contributed by atoms with Crippen LogP contribution in [0, 0.1) is 0 Å². The van der Waals surface area contributed by atoms with Crippen molar-refractivity contribution in [1.29, 1.82) is 0 Å². The first kappa shape index (κ1) is 40.3. The van der Waals surface area contributed by atoms with Gasteiger partial charge < -0.3 is 29.9 Å². The van der Waals surface area contributed by atoms with E-state index in [9.17, 15) is 0 Å². The monoisotopic (exact) mass is 975 g/mol. The molecule has 0 spiro atoms. The number of nitrogens with zero attached hydrogens (tertiary/aromatic N) is 8. The maximum atomic E-state index is 5.43. The molecule has 0 atom stereocenters. The smallest absolute Gasteiger partial charge is 0.357 e.